The molecule has 2 atom stereocenters. The van der Waals surface area contributed by atoms with Crippen LogP contribution in [0.4, 0.5) is 0 Å². The van der Waals surface area contributed by atoms with Crippen LogP contribution in [0.3, 0.4) is 0 Å². The zero-order valence-corrected chi connectivity index (χ0v) is 62.7. The standard InChI is InChI=1S/C82H154NO8P/c1-6-8-10-12-14-16-18-20-22-24-26-28-30-32-34-35-36-37-38-39-40-41-42-43-44-45-46-47-49-51-53-55-57-59-61-63-65-67-69-71-73-75-82(85)91-80(79-90-92(86,87)89-77-76-83(3,4)5)78-88-81(84)74-72-70-68-66-64-62-60-58-56-54-52-50-48-33-31-29-27-25-23-21-19-17-15-13-11-9-7-2/h8,10,14,16,20,22,26,28,32,34,80H,6-7,9,11-13,15,17-19,21,23-25,27,29-31,33,35-79H2,1-5H3/b10-8-,16-14-,22-20-,28-26-,34-32-. The number of carbonyl (C=O) groups is 2. The van der Waals surface area contributed by atoms with E-state index >= 15 is 0 Å². The summed E-state index contributed by atoms with van der Waals surface area (Å²) < 4.78 is 34.4. The lowest BCUT2D eigenvalue weighted by atomic mass is 10.0. The molecule has 0 aromatic carbocycles. The van der Waals surface area contributed by atoms with Gasteiger partial charge in [-0.05, 0) is 57.8 Å². The van der Waals surface area contributed by atoms with Gasteiger partial charge in [0.15, 0.2) is 6.10 Å². The Morgan fingerprint density at radius 1 is 0.348 bits per heavy atom. The number of esters is 2. The van der Waals surface area contributed by atoms with E-state index in [1.54, 1.807) is 0 Å². The van der Waals surface area contributed by atoms with Crippen molar-refractivity contribution >= 4 is 19.8 Å². The second kappa shape index (κ2) is 73.0. The Bertz CT molecular complexity index is 1740. The van der Waals surface area contributed by atoms with E-state index < -0.39 is 26.5 Å². The Kier molecular flexibility index (Phi) is 71.2. The molecule has 0 amide bonds. The highest BCUT2D eigenvalue weighted by atomic mass is 31.2. The lowest BCUT2D eigenvalue weighted by Gasteiger charge is -2.28. The third kappa shape index (κ3) is 76.7. The number of nitrogens with zero attached hydrogens (tertiary/aromatic N) is 1. The largest absolute Gasteiger partial charge is 0.756 e. The molecule has 0 spiro atoms. The van der Waals surface area contributed by atoms with Gasteiger partial charge in [-0.1, -0.05) is 389 Å². The highest BCUT2D eigenvalue weighted by Gasteiger charge is 2.22. The number of rotatable bonds is 75. The van der Waals surface area contributed by atoms with Crippen LogP contribution in [0.1, 0.15) is 399 Å². The van der Waals surface area contributed by atoms with E-state index in [0.717, 1.165) is 64.2 Å². The Morgan fingerprint density at radius 3 is 0.924 bits per heavy atom. The van der Waals surface area contributed by atoms with Gasteiger partial charge in [-0.3, -0.25) is 14.2 Å². The molecule has 0 rings (SSSR count). The summed E-state index contributed by atoms with van der Waals surface area (Å²) >= 11 is 0. The van der Waals surface area contributed by atoms with Gasteiger partial charge in [-0.2, -0.15) is 0 Å². The number of hydrogen-bond donors (Lipinski definition) is 0. The summed E-state index contributed by atoms with van der Waals surface area (Å²) in [5.74, 6) is -0.807. The van der Waals surface area contributed by atoms with Gasteiger partial charge < -0.3 is 27.9 Å². The van der Waals surface area contributed by atoms with Crippen LogP contribution >= 0.6 is 7.82 Å². The molecule has 540 valence electrons. The monoisotopic (exact) mass is 1310 g/mol. The Hall–Kier alpha value is -2.29. The van der Waals surface area contributed by atoms with Crippen molar-refractivity contribution < 1.29 is 42.1 Å². The van der Waals surface area contributed by atoms with Gasteiger partial charge in [0.05, 0.1) is 27.7 Å². The summed E-state index contributed by atoms with van der Waals surface area (Å²) in [5.41, 5.74) is 0. The van der Waals surface area contributed by atoms with Crippen molar-refractivity contribution in [3.63, 3.8) is 0 Å². The molecule has 9 nitrogen and oxygen atoms in total. The van der Waals surface area contributed by atoms with Crippen molar-refractivity contribution in [1.82, 2.24) is 0 Å². The fraction of sp³-hybridized carbons (Fsp3) is 0.854. The second-order valence-corrected chi connectivity index (χ2v) is 29.8. The molecule has 0 saturated heterocycles. The van der Waals surface area contributed by atoms with Crippen LogP contribution in [-0.4, -0.2) is 70.0 Å². The highest BCUT2D eigenvalue weighted by molar-refractivity contribution is 7.45. The normalized spacial score (nSPS) is 13.3. The fourth-order valence-electron chi connectivity index (χ4n) is 12.0. The molecule has 0 aliphatic heterocycles. The summed E-state index contributed by atoms with van der Waals surface area (Å²) in [6.07, 6.45) is 97.8. The SMILES string of the molecule is CC/C=C\C/C=C\C/C=C\C/C=C\C/C=C\CCCCCCCCCCCCCCCCCCCCCCCCCCCC(=O)OC(COC(=O)CCCCCCCCCCCCCCCCCCCCCCCCCCCCC)COP(=O)([O-])OCC[N+](C)(C)C. The Labute approximate surface area is 572 Å². The van der Waals surface area contributed by atoms with Crippen LogP contribution in [0.25, 0.3) is 0 Å². The minimum Gasteiger partial charge on any atom is -0.756 e. The van der Waals surface area contributed by atoms with E-state index in [4.69, 9.17) is 18.5 Å². The highest BCUT2D eigenvalue weighted by Crippen LogP contribution is 2.38. The van der Waals surface area contributed by atoms with Gasteiger partial charge >= 0.3 is 11.9 Å². The quantitative estimate of drug-likeness (QED) is 0.0195. The molecule has 0 aliphatic rings. The summed E-state index contributed by atoms with van der Waals surface area (Å²) in [6.45, 7) is 4.21. The van der Waals surface area contributed by atoms with E-state index in [9.17, 15) is 19.0 Å². The molecular formula is C82H154NO8P. The maximum Gasteiger partial charge on any atom is 0.306 e. The average molecular weight is 1310 g/mol. The first kappa shape index (κ1) is 89.7. The predicted molar refractivity (Wildman–Crippen MR) is 397 cm³/mol. The topological polar surface area (TPSA) is 111 Å². The summed E-state index contributed by atoms with van der Waals surface area (Å²) in [4.78, 5) is 38.2. The number of phosphoric acid groups is 1. The smallest absolute Gasteiger partial charge is 0.306 e. The lowest BCUT2D eigenvalue weighted by Crippen LogP contribution is -2.37. The van der Waals surface area contributed by atoms with Crippen LogP contribution in [-0.2, 0) is 32.7 Å². The number of carbonyl (C=O) groups excluding carboxylic acids is 2. The zero-order chi connectivity index (χ0) is 66.9. The van der Waals surface area contributed by atoms with Crippen LogP contribution in [0.15, 0.2) is 60.8 Å². The molecule has 0 bridgehead atoms. The number of phosphoric ester groups is 1. The van der Waals surface area contributed by atoms with Gasteiger partial charge in [-0.15, -0.1) is 0 Å². The minimum atomic E-state index is -4.64. The molecule has 0 aromatic heterocycles. The van der Waals surface area contributed by atoms with Crippen molar-refractivity contribution in [3.05, 3.63) is 60.8 Å². The molecule has 0 N–H and O–H groups in total. The zero-order valence-electron chi connectivity index (χ0n) is 61.8. The summed E-state index contributed by atoms with van der Waals surface area (Å²) in [6, 6.07) is 0. The number of unbranched alkanes of at least 4 members (excludes halogenated alkanes) is 51. The average Bonchev–Trinajstić information content (AvgIpc) is 2.23. The molecule has 0 saturated carbocycles. The molecule has 0 fully saturated rings. The number of allylic oxidation sites excluding steroid dienone is 10. The van der Waals surface area contributed by atoms with E-state index in [0.29, 0.717) is 17.4 Å². The maximum atomic E-state index is 12.9. The molecule has 0 aliphatic carbocycles. The van der Waals surface area contributed by atoms with Gasteiger partial charge in [-0.25, -0.2) is 0 Å². The number of quaternary nitrogens is 1. The van der Waals surface area contributed by atoms with Crippen LogP contribution in [0, 0.1) is 0 Å². The molecule has 10 heteroatoms. The van der Waals surface area contributed by atoms with E-state index in [1.807, 2.05) is 21.1 Å². The number of ether oxygens (including phenoxy) is 2. The molecule has 0 heterocycles. The predicted octanol–water partition coefficient (Wildman–Crippen LogP) is 25.9. The van der Waals surface area contributed by atoms with E-state index in [-0.39, 0.29) is 32.0 Å². The van der Waals surface area contributed by atoms with Crippen LogP contribution < -0.4 is 4.89 Å². The summed E-state index contributed by atoms with van der Waals surface area (Å²) in [7, 11) is 1.19. The maximum absolute atomic E-state index is 12.9. The van der Waals surface area contributed by atoms with Gasteiger partial charge in [0.1, 0.15) is 19.8 Å². The molecule has 0 radical (unpaired) electrons. The lowest BCUT2D eigenvalue weighted by molar-refractivity contribution is -0.870. The molecular weight excluding hydrogens is 1160 g/mol. The van der Waals surface area contributed by atoms with Crippen LogP contribution in [0.5, 0.6) is 0 Å². The first-order valence-corrected chi connectivity index (χ1v) is 41.5. The van der Waals surface area contributed by atoms with Crippen molar-refractivity contribution in [3.8, 4) is 0 Å². The first-order chi connectivity index (χ1) is 45.0. The Morgan fingerprint density at radius 2 is 0.620 bits per heavy atom. The van der Waals surface area contributed by atoms with Crippen molar-refractivity contribution in [2.45, 2.75) is 405 Å². The van der Waals surface area contributed by atoms with Crippen molar-refractivity contribution in [1.29, 1.82) is 0 Å². The molecule has 0 aromatic rings. The fourth-order valence-corrected chi connectivity index (χ4v) is 12.7. The third-order valence-corrected chi connectivity index (χ3v) is 19.0. The minimum absolute atomic E-state index is 0.0275. The van der Waals surface area contributed by atoms with Crippen molar-refractivity contribution in [2.24, 2.45) is 0 Å². The van der Waals surface area contributed by atoms with Gasteiger partial charge in [0, 0.05) is 12.8 Å². The molecule has 2 unspecified atom stereocenters. The number of hydrogen-bond acceptors (Lipinski definition) is 8. The summed E-state index contributed by atoms with van der Waals surface area (Å²) in [5, 5.41) is 0. The molecule has 92 heavy (non-hydrogen) atoms. The first-order valence-electron chi connectivity index (χ1n) is 40.0. The van der Waals surface area contributed by atoms with Crippen LogP contribution in [0.2, 0.25) is 0 Å². The number of likely N-dealkylation sites (N-methyl/N-ethyl adjacent to an activating group) is 1. The van der Waals surface area contributed by atoms with Gasteiger partial charge in [0.25, 0.3) is 7.82 Å². The Balaban J connectivity index is 3.89. The van der Waals surface area contributed by atoms with E-state index in [2.05, 4.69) is 74.6 Å². The third-order valence-electron chi connectivity index (χ3n) is 18.1. The van der Waals surface area contributed by atoms with Crippen molar-refractivity contribution in [2.75, 3.05) is 47.5 Å². The van der Waals surface area contributed by atoms with E-state index in [1.165, 1.54) is 302 Å². The second-order valence-electron chi connectivity index (χ2n) is 28.4. The van der Waals surface area contributed by atoms with Gasteiger partial charge in [0.2, 0.25) is 0 Å².